The lowest BCUT2D eigenvalue weighted by Crippen LogP contribution is -2.57. The highest BCUT2D eigenvalue weighted by Crippen LogP contribution is 2.61. The highest BCUT2D eigenvalue weighted by atomic mass is 16.2. The number of rotatable bonds is 2. The Morgan fingerprint density at radius 1 is 1.00 bits per heavy atom. The van der Waals surface area contributed by atoms with Gasteiger partial charge in [0.15, 0.2) is 0 Å². The summed E-state index contributed by atoms with van der Waals surface area (Å²) < 4.78 is 0. The van der Waals surface area contributed by atoms with Crippen LogP contribution in [0.5, 0.6) is 0 Å². The van der Waals surface area contributed by atoms with Crippen molar-refractivity contribution in [1.29, 1.82) is 0 Å². The minimum atomic E-state index is -0.370. The number of amides is 2. The van der Waals surface area contributed by atoms with E-state index in [2.05, 4.69) is 12.2 Å². The Hall–Kier alpha value is -1.06. The third-order valence-corrected chi connectivity index (χ3v) is 6.94. The Kier molecular flexibility index (Phi) is 3.46. The van der Waals surface area contributed by atoms with Gasteiger partial charge in [0.2, 0.25) is 0 Å². The third-order valence-electron chi connectivity index (χ3n) is 6.94. The Morgan fingerprint density at radius 3 is 2.00 bits per heavy atom. The van der Waals surface area contributed by atoms with E-state index >= 15 is 0 Å². The van der Waals surface area contributed by atoms with Crippen LogP contribution in [0.4, 0.5) is 0 Å². The fraction of sp³-hybridized carbons (Fsp3) is 0.889. The summed E-state index contributed by atoms with van der Waals surface area (Å²) >= 11 is 0. The van der Waals surface area contributed by atoms with E-state index in [0.29, 0.717) is 0 Å². The summed E-state index contributed by atoms with van der Waals surface area (Å²) in [6.07, 6.45) is 10.1. The highest BCUT2D eigenvalue weighted by molar-refractivity contribution is 6.35. The van der Waals surface area contributed by atoms with E-state index in [-0.39, 0.29) is 23.3 Å². The van der Waals surface area contributed by atoms with Crippen LogP contribution in [-0.2, 0) is 9.59 Å². The smallest absolute Gasteiger partial charge is 0.311 e. The van der Waals surface area contributed by atoms with Crippen LogP contribution < -0.4 is 5.32 Å². The Labute approximate surface area is 133 Å². The zero-order valence-electron chi connectivity index (χ0n) is 13.6. The molecule has 1 unspecified atom stereocenters. The Balaban J connectivity index is 1.42. The summed E-state index contributed by atoms with van der Waals surface area (Å²) in [5, 5.41) is 3.08. The van der Waals surface area contributed by atoms with Crippen LogP contribution >= 0.6 is 0 Å². The lowest BCUT2D eigenvalue weighted by Gasteiger charge is -2.59. The summed E-state index contributed by atoms with van der Waals surface area (Å²) in [5.41, 5.74) is 0.274. The first kappa shape index (κ1) is 14.5. The molecular formula is C18H28N2O2. The van der Waals surface area contributed by atoms with E-state index in [9.17, 15) is 9.59 Å². The number of nitrogens with one attached hydrogen (secondary N) is 1. The number of likely N-dealkylation sites (tertiary alicyclic amines) is 1. The fourth-order valence-corrected chi connectivity index (χ4v) is 6.18. The molecule has 5 rings (SSSR count). The summed E-state index contributed by atoms with van der Waals surface area (Å²) in [7, 11) is 0. The number of hydrogen-bond donors (Lipinski definition) is 1. The zero-order valence-corrected chi connectivity index (χ0v) is 13.6. The van der Waals surface area contributed by atoms with Gasteiger partial charge >= 0.3 is 11.8 Å². The molecule has 4 nitrogen and oxygen atoms in total. The van der Waals surface area contributed by atoms with E-state index in [1.54, 1.807) is 4.90 Å². The first-order valence-corrected chi connectivity index (χ1v) is 9.15. The standard InChI is InChI=1S/C18H28N2O2/c1-12(19-16(21)17(22)20-4-2-3-5-20)18-9-13-6-14(10-18)8-15(7-13)11-18/h12-15H,2-11H2,1H3,(H,19,21). The highest BCUT2D eigenvalue weighted by Gasteiger charge is 2.53. The molecule has 4 aliphatic carbocycles. The molecule has 22 heavy (non-hydrogen) atoms. The lowest BCUT2D eigenvalue weighted by molar-refractivity contribution is -0.147. The monoisotopic (exact) mass is 304 g/mol. The van der Waals surface area contributed by atoms with Crippen molar-refractivity contribution >= 4 is 11.8 Å². The van der Waals surface area contributed by atoms with Gasteiger partial charge in [0.25, 0.3) is 0 Å². The molecule has 4 saturated carbocycles. The van der Waals surface area contributed by atoms with Gasteiger partial charge in [0, 0.05) is 19.1 Å². The van der Waals surface area contributed by atoms with Gasteiger partial charge in [-0.3, -0.25) is 9.59 Å². The van der Waals surface area contributed by atoms with E-state index in [1.807, 2.05) is 0 Å². The first-order chi connectivity index (χ1) is 10.6. The minimum absolute atomic E-state index is 0.139. The number of nitrogens with zero attached hydrogens (tertiary/aromatic N) is 1. The second-order valence-electron chi connectivity index (χ2n) is 8.47. The Bertz CT molecular complexity index is 446. The van der Waals surface area contributed by atoms with Crippen molar-refractivity contribution in [2.75, 3.05) is 13.1 Å². The lowest BCUT2D eigenvalue weighted by atomic mass is 9.48. The summed E-state index contributed by atoms with van der Waals surface area (Å²) in [6, 6.07) is 0.139. The van der Waals surface area contributed by atoms with Gasteiger partial charge in [0.1, 0.15) is 0 Å². The van der Waals surface area contributed by atoms with Crippen molar-refractivity contribution < 1.29 is 9.59 Å². The van der Waals surface area contributed by atoms with Crippen molar-refractivity contribution in [2.24, 2.45) is 23.2 Å². The maximum atomic E-state index is 12.3. The van der Waals surface area contributed by atoms with Crippen LogP contribution in [0.3, 0.4) is 0 Å². The molecule has 2 amide bonds. The van der Waals surface area contributed by atoms with Crippen molar-refractivity contribution in [1.82, 2.24) is 10.2 Å². The Morgan fingerprint density at radius 2 is 1.50 bits per heavy atom. The second kappa shape index (κ2) is 5.24. The zero-order chi connectivity index (χ0) is 15.3. The van der Waals surface area contributed by atoms with Gasteiger partial charge in [-0.25, -0.2) is 0 Å². The summed E-state index contributed by atoms with van der Waals surface area (Å²) in [4.78, 5) is 26.3. The topological polar surface area (TPSA) is 49.4 Å². The molecule has 1 atom stereocenters. The van der Waals surface area contributed by atoms with Gasteiger partial charge < -0.3 is 10.2 Å². The molecule has 0 radical (unpaired) electrons. The molecule has 4 bridgehead atoms. The average Bonchev–Trinajstić information content (AvgIpc) is 2.99. The minimum Gasteiger partial charge on any atom is -0.345 e. The van der Waals surface area contributed by atoms with E-state index in [1.165, 1.54) is 38.5 Å². The SMILES string of the molecule is CC(NC(=O)C(=O)N1CCCC1)C12CC3CC(CC(C3)C1)C2. The molecule has 0 aromatic heterocycles. The molecule has 0 aromatic rings. The van der Waals surface area contributed by atoms with Crippen LogP contribution in [0, 0.1) is 23.2 Å². The van der Waals surface area contributed by atoms with Crippen molar-refractivity contribution in [3.8, 4) is 0 Å². The van der Waals surface area contributed by atoms with Crippen LogP contribution in [-0.4, -0.2) is 35.8 Å². The average molecular weight is 304 g/mol. The normalized spacial score (nSPS) is 40.8. The van der Waals surface area contributed by atoms with Gasteiger partial charge in [-0.2, -0.15) is 0 Å². The maximum Gasteiger partial charge on any atom is 0.311 e. The molecule has 1 saturated heterocycles. The van der Waals surface area contributed by atoms with Gasteiger partial charge in [-0.05, 0) is 81.5 Å². The molecule has 5 fully saturated rings. The predicted molar refractivity (Wildman–Crippen MR) is 84.0 cm³/mol. The fourth-order valence-electron chi connectivity index (χ4n) is 6.18. The second-order valence-corrected chi connectivity index (χ2v) is 8.47. The maximum absolute atomic E-state index is 12.3. The van der Waals surface area contributed by atoms with Crippen LogP contribution in [0.15, 0.2) is 0 Å². The molecule has 0 aromatic carbocycles. The molecule has 122 valence electrons. The first-order valence-electron chi connectivity index (χ1n) is 9.15. The van der Waals surface area contributed by atoms with Crippen molar-refractivity contribution in [3.63, 3.8) is 0 Å². The van der Waals surface area contributed by atoms with Gasteiger partial charge in [-0.15, -0.1) is 0 Å². The van der Waals surface area contributed by atoms with Crippen LogP contribution in [0.2, 0.25) is 0 Å². The number of carbonyl (C=O) groups excluding carboxylic acids is 2. The van der Waals surface area contributed by atoms with Crippen molar-refractivity contribution in [2.45, 2.75) is 64.3 Å². The molecular weight excluding hydrogens is 276 g/mol. The molecule has 4 heteroatoms. The van der Waals surface area contributed by atoms with E-state index in [4.69, 9.17) is 0 Å². The summed E-state index contributed by atoms with van der Waals surface area (Å²) in [5.74, 6) is 1.94. The molecule has 5 aliphatic rings. The van der Waals surface area contributed by atoms with Crippen molar-refractivity contribution in [3.05, 3.63) is 0 Å². The summed E-state index contributed by atoms with van der Waals surface area (Å²) in [6.45, 7) is 3.64. The van der Waals surface area contributed by atoms with E-state index < -0.39 is 0 Å². The molecule has 1 N–H and O–H groups in total. The van der Waals surface area contributed by atoms with Crippen LogP contribution in [0.1, 0.15) is 58.3 Å². The predicted octanol–water partition coefficient (Wildman–Crippen LogP) is 2.33. The molecule has 1 heterocycles. The number of carbonyl (C=O) groups is 2. The third kappa shape index (κ3) is 2.35. The largest absolute Gasteiger partial charge is 0.345 e. The van der Waals surface area contributed by atoms with Gasteiger partial charge in [0.05, 0.1) is 0 Å². The molecule has 0 spiro atoms. The van der Waals surface area contributed by atoms with Gasteiger partial charge in [-0.1, -0.05) is 0 Å². The number of hydrogen-bond acceptors (Lipinski definition) is 2. The molecule has 1 aliphatic heterocycles. The van der Waals surface area contributed by atoms with E-state index in [0.717, 1.165) is 43.7 Å². The quantitative estimate of drug-likeness (QED) is 0.796. The van der Waals surface area contributed by atoms with Crippen LogP contribution in [0.25, 0.3) is 0 Å².